The summed E-state index contributed by atoms with van der Waals surface area (Å²) in [7, 11) is 0. The van der Waals surface area contributed by atoms with E-state index in [0.29, 0.717) is 6.61 Å². The molecule has 16 heavy (non-hydrogen) atoms. The number of hydrogen-bond acceptors (Lipinski definition) is 2. The van der Waals surface area contributed by atoms with Gasteiger partial charge in [0.1, 0.15) is 0 Å². The van der Waals surface area contributed by atoms with E-state index >= 15 is 0 Å². The summed E-state index contributed by atoms with van der Waals surface area (Å²) in [6.45, 7) is 7.73. The molecule has 2 N–H and O–H groups in total. The van der Waals surface area contributed by atoms with Crippen LogP contribution in [0.15, 0.2) is 0 Å². The molecule has 3 heteroatoms. The van der Waals surface area contributed by atoms with E-state index in [1.54, 1.807) is 0 Å². The van der Waals surface area contributed by atoms with Gasteiger partial charge in [-0.2, -0.15) is 0 Å². The van der Waals surface area contributed by atoms with E-state index in [-0.39, 0.29) is 5.92 Å². The number of aliphatic hydroxyl groups excluding tert-OH is 1. The van der Waals surface area contributed by atoms with E-state index in [4.69, 9.17) is 4.74 Å². The van der Waals surface area contributed by atoms with Crippen LogP contribution in [0.2, 0.25) is 0 Å². The second kappa shape index (κ2) is 4.60. The van der Waals surface area contributed by atoms with Gasteiger partial charge in [0, 0.05) is 23.9 Å². The Balaban J connectivity index is 2.19. The highest BCUT2D eigenvalue weighted by molar-refractivity contribution is 5.35. The Morgan fingerprint density at radius 1 is 1.31 bits per heavy atom. The number of hydrogen-bond donors (Lipinski definition) is 2. The van der Waals surface area contributed by atoms with Gasteiger partial charge < -0.3 is 14.8 Å². The molecule has 1 aromatic rings. The van der Waals surface area contributed by atoms with Gasteiger partial charge in [-0.1, -0.05) is 0 Å². The van der Waals surface area contributed by atoms with Crippen LogP contribution in [-0.4, -0.2) is 23.3 Å². The van der Waals surface area contributed by atoms with E-state index in [0.717, 1.165) is 30.8 Å². The van der Waals surface area contributed by atoms with Gasteiger partial charge in [-0.3, -0.25) is 0 Å². The topological polar surface area (TPSA) is 45.2 Å². The molecule has 1 aromatic heterocycles. The summed E-state index contributed by atoms with van der Waals surface area (Å²) < 4.78 is 5.43. The fourth-order valence-corrected chi connectivity index (χ4v) is 2.42. The first-order chi connectivity index (χ1) is 7.61. The average molecular weight is 223 g/mol. The largest absolute Gasteiger partial charge is 0.387 e. The van der Waals surface area contributed by atoms with E-state index in [1.807, 2.05) is 0 Å². The molecule has 0 bridgehead atoms. The van der Waals surface area contributed by atoms with E-state index in [2.05, 4.69) is 25.8 Å². The summed E-state index contributed by atoms with van der Waals surface area (Å²) in [5.74, 6) is 0.241. The van der Waals surface area contributed by atoms with Crippen LogP contribution in [0, 0.1) is 26.7 Å². The summed E-state index contributed by atoms with van der Waals surface area (Å²) in [5.41, 5.74) is 4.58. The second-order valence-electron chi connectivity index (χ2n) is 4.84. The first-order valence-corrected chi connectivity index (χ1v) is 6.02. The monoisotopic (exact) mass is 223 g/mol. The quantitative estimate of drug-likeness (QED) is 0.808. The molecule has 0 aliphatic carbocycles. The van der Waals surface area contributed by atoms with E-state index < -0.39 is 6.10 Å². The molecule has 1 aliphatic rings. The fraction of sp³-hybridized carbons (Fsp3) is 0.692. The molecular formula is C13H21NO2. The predicted molar refractivity (Wildman–Crippen MR) is 63.5 cm³/mol. The van der Waals surface area contributed by atoms with Crippen molar-refractivity contribution in [3.05, 3.63) is 22.5 Å². The van der Waals surface area contributed by atoms with Crippen LogP contribution in [0.3, 0.4) is 0 Å². The van der Waals surface area contributed by atoms with Crippen LogP contribution in [0.25, 0.3) is 0 Å². The minimum absolute atomic E-state index is 0.241. The Labute approximate surface area is 96.8 Å². The number of rotatable bonds is 2. The van der Waals surface area contributed by atoms with Crippen molar-refractivity contribution >= 4 is 0 Å². The third-order valence-electron chi connectivity index (χ3n) is 3.79. The lowest BCUT2D eigenvalue weighted by Crippen LogP contribution is -2.24. The highest BCUT2D eigenvalue weighted by Crippen LogP contribution is 2.31. The van der Waals surface area contributed by atoms with Crippen LogP contribution in [0.4, 0.5) is 0 Å². The molecule has 1 aliphatic heterocycles. The molecule has 3 nitrogen and oxygen atoms in total. The molecule has 0 radical (unpaired) electrons. The van der Waals surface area contributed by atoms with Gasteiger partial charge >= 0.3 is 0 Å². The Morgan fingerprint density at radius 3 is 2.56 bits per heavy atom. The number of aromatic amines is 1. The lowest BCUT2D eigenvalue weighted by Gasteiger charge is -2.26. The van der Waals surface area contributed by atoms with Crippen molar-refractivity contribution in [2.24, 2.45) is 5.92 Å². The predicted octanol–water partition coefficient (Wildman–Crippen LogP) is 2.40. The third kappa shape index (κ3) is 2.02. The zero-order chi connectivity index (χ0) is 11.7. The Bertz CT molecular complexity index is 364. The van der Waals surface area contributed by atoms with Crippen molar-refractivity contribution in [3.8, 4) is 0 Å². The molecule has 1 saturated heterocycles. The first kappa shape index (κ1) is 11.7. The average Bonchev–Trinajstić information content (AvgIpc) is 2.57. The minimum atomic E-state index is -0.410. The van der Waals surface area contributed by atoms with Gasteiger partial charge in [-0.15, -0.1) is 0 Å². The minimum Gasteiger partial charge on any atom is -0.387 e. The van der Waals surface area contributed by atoms with Gasteiger partial charge in [0.05, 0.1) is 12.7 Å². The standard InChI is InChI=1S/C13H21NO2/c1-8-9(2)12(14-10(8)3)13(15)11-5-4-6-16-7-11/h11,13-15H,4-7H2,1-3H3. The SMILES string of the molecule is Cc1[nH]c(C(O)C2CCCOC2)c(C)c1C. The van der Waals surface area contributed by atoms with Gasteiger partial charge in [-0.05, 0) is 44.7 Å². The van der Waals surface area contributed by atoms with Gasteiger partial charge in [0.25, 0.3) is 0 Å². The summed E-state index contributed by atoms with van der Waals surface area (Å²) in [6, 6.07) is 0. The van der Waals surface area contributed by atoms with Gasteiger partial charge in [0.2, 0.25) is 0 Å². The zero-order valence-electron chi connectivity index (χ0n) is 10.3. The smallest absolute Gasteiger partial charge is 0.0990 e. The number of H-pyrrole nitrogens is 1. The molecule has 0 aromatic carbocycles. The maximum absolute atomic E-state index is 10.4. The van der Waals surface area contributed by atoms with E-state index in [1.165, 1.54) is 11.1 Å². The molecule has 0 amide bonds. The number of aromatic nitrogens is 1. The van der Waals surface area contributed by atoms with Gasteiger partial charge in [0.15, 0.2) is 0 Å². The maximum Gasteiger partial charge on any atom is 0.0990 e. The lowest BCUT2D eigenvalue weighted by atomic mass is 9.92. The molecular weight excluding hydrogens is 202 g/mol. The van der Waals surface area contributed by atoms with Crippen molar-refractivity contribution in [1.82, 2.24) is 4.98 Å². The summed E-state index contributed by atoms with van der Waals surface area (Å²) in [4.78, 5) is 3.30. The van der Waals surface area contributed by atoms with Gasteiger partial charge in [-0.25, -0.2) is 0 Å². The number of aryl methyl sites for hydroxylation is 1. The zero-order valence-corrected chi connectivity index (χ0v) is 10.3. The molecule has 90 valence electrons. The van der Waals surface area contributed by atoms with Crippen LogP contribution in [0.5, 0.6) is 0 Å². The first-order valence-electron chi connectivity index (χ1n) is 6.02. The number of ether oxygens (including phenoxy) is 1. The fourth-order valence-electron chi connectivity index (χ4n) is 2.42. The molecule has 0 spiro atoms. The highest BCUT2D eigenvalue weighted by Gasteiger charge is 2.26. The molecule has 0 saturated carbocycles. The van der Waals surface area contributed by atoms with Crippen LogP contribution >= 0.6 is 0 Å². The Hall–Kier alpha value is -0.800. The summed E-state index contributed by atoms with van der Waals surface area (Å²) >= 11 is 0. The molecule has 2 unspecified atom stereocenters. The normalized spacial score (nSPS) is 23.4. The van der Waals surface area contributed by atoms with Crippen LogP contribution in [-0.2, 0) is 4.74 Å². The van der Waals surface area contributed by atoms with Crippen molar-refractivity contribution in [2.45, 2.75) is 39.7 Å². The highest BCUT2D eigenvalue weighted by atomic mass is 16.5. The van der Waals surface area contributed by atoms with Crippen molar-refractivity contribution in [2.75, 3.05) is 13.2 Å². The lowest BCUT2D eigenvalue weighted by molar-refractivity contribution is -0.0116. The summed E-state index contributed by atoms with van der Waals surface area (Å²) in [5, 5.41) is 10.4. The molecule has 1 fully saturated rings. The van der Waals surface area contributed by atoms with Crippen LogP contribution < -0.4 is 0 Å². The molecule has 2 heterocycles. The number of aliphatic hydroxyl groups is 1. The van der Waals surface area contributed by atoms with Crippen LogP contribution in [0.1, 0.15) is 41.5 Å². The number of nitrogens with one attached hydrogen (secondary N) is 1. The van der Waals surface area contributed by atoms with Crippen molar-refractivity contribution < 1.29 is 9.84 Å². The van der Waals surface area contributed by atoms with Crippen molar-refractivity contribution in [1.29, 1.82) is 0 Å². The third-order valence-corrected chi connectivity index (χ3v) is 3.79. The molecule has 2 atom stereocenters. The Kier molecular flexibility index (Phi) is 3.36. The maximum atomic E-state index is 10.4. The molecule has 2 rings (SSSR count). The summed E-state index contributed by atoms with van der Waals surface area (Å²) in [6.07, 6.45) is 1.70. The van der Waals surface area contributed by atoms with Crippen molar-refractivity contribution in [3.63, 3.8) is 0 Å². The Morgan fingerprint density at radius 2 is 2.06 bits per heavy atom. The van der Waals surface area contributed by atoms with E-state index in [9.17, 15) is 5.11 Å². The second-order valence-corrected chi connectivity index (χ2v) is 4.84.